The summed E-state index contributed by atoms with van der Waals surface area (Å²) in [5.41, 5.74) is 28.0. The number of aromatic nitrogens is 13. The molecule has 0 saturated heterocycles. The van der Waals surface area contributed by atoms with Crippen LogP contribution in [0.1, 0.15) is 33.6 Å². The van der Waals surface area contributed by atoms with E-state index in [9.17, 15) is 0 Å². The zero-order valence-corrected chi connectivity index (χ0v) is 59.3. The summed E-state index contributed by atoms with van der Waals surface area (Å²) < 4.78 is 10.7. The maximum absolute atomic E-state index is 4.51. The molecule has 0 aliphatic heterocycles. The number of rotatable bonds is 10. The van der Waals surface area contributed by atoms with Crippen LogP contribution in [-0.2, 0) is 35.2 Å². The molecule has 0 radical (unpaired) electrons. The summed E-state index contributed by atoms with van der Waals surface area (Å²) in [4.78, 5) is 34.4. The SMILES string of the molecule is Cc1ccccc1-c1cc(-c2ccccn2)cc[n+]1C.Cc1ccccc1-c1cc(-c2cccnc2)cc[n+]1C.Cc1ccccc1-c1cc(-c2cnccn2)cc[n+]1C.Cc1ccccc1-c1cc(-c2ncccn2)cc[n+]1C.Cc1nccc(-c2cc[n+](C)c(-c3ccccc3C)c2)n1. The van der Waals surface area contributed by atoms with Gasteiger partial charge in [0.1, 0.15) is 41.1 Å². The van der Waals surface area contributed by atoms with E-state index in [0.29, 0.717) is 0 Å². The fraction of sp³-hybridized carbons (Fsp3) is 0.125. The number of pyridine rings is 7. The maximum atomic E-state index is 4.51. The first-order valence-electron chi connectivity index (χ1n) is 33.6. The highest BCUT2D eigenvalue weighted by Gasteiger charge is 2.20. The van der Waals surface area contributed by atoms with Gasteiger partial charge in [-0.15, -0.1) is 0 Å². The van der Waals surface area contributed by atoms with Gasteiger partial charge in [-0.1, -0.05) is 103 Å². The van der Waals surface area contributed by atoms with Gasteiger partial charge >= 0.3 is 0 Å². The molecule has 0 amide bonds. The maximum Gasteiger partial charge on any atom is 0.213 e. The Bertz CT molecular complexity index is 4740. The second-order valence-electron chi connectivity index (χ2n) is 24.7. The van der Waals surface area contributed by atoms with Crippen LogP contribution in [0.5, 0.6) is 0 Å². The molecule has 0 atom stereocenters. The van der Waals surface area contributed by atoms with Crippen LogP contribution in [0.4, 0.5) is 0 Å². The Morgan fingerprint density at radius 3 is 1.00 bits per heavy atom. The molecule has 0 bridgehead atoms. The third-order valence-corrected chi connectivity index (χ3v) is 17.6. The van der Waals surface area contributed by atoms with Crippen molar-refractivity contribution in [2.24, 2.45) is 35.2 Å². The standard InChI is InChI=1S/C18H18N3.2C18H17N2.2C17H16N3/c1-13-6-4-5-7-16(13)18-12-15(9-11-21(18)3)17-8-10-19-14(2)20-17;1-14-7-3-4-8-16(14)18-13-15(10-12-20(18)2)17-9-5-6-11-19-17;1-14-6-3-4-8-17(14)18-12-15(9-11-20(18)2)16-7-5-10-19-13-16;1-13-6-3-4-7-15(13)16-12-14(8-11-20(16)2)17-18-9-5-10-19-17;1-13-5-3-4-6-15(13)17-11-14(7-10-20(17)2)16-12-18-8-9-19-16/h4-12H,1-3H3;2*3-13H,1-2H3;2*3-12H,1-2H3/q5*+1. The van der Waals surface area contributed by atoms with Gasteiger partial charge in [0, 0.05) is 166 Å². The van der Waals surface area contributed by atoms with Gasteiger partial charge in [-0.25, -0.2) is 42.8 Å². The second kappa shape index (κ2) is 33.6. The molecule has 496 valence electrons. The molecule has 13 nitrogen and oxygen atoms in total. The number of benzene rings is 5. The highest BCUT2D eigenvalue weighted by molar-refractivity contribution is 5.73. The van der Waals surface area contributed by atoms with Gasteiger partial charge in [0.2, 0.25) is 28.5 Å². The van der Waals surface area contributed by atoms with E-state index in [-0.39, 0.29) is 0 Å². The van der Waals surface area contributed by atoms with Crippen LogP contribution < -0.4 is 22.8 Å². The van der Waals surface area contributed by atoms with Crippen molar-refractivity contribution in [3.8, 4) is 113 Å². The fourth-order valence-corrected chi connectivity index (χ4v) is 11.9. The highest BCUT2D eigenvalue weighted by Crippen LogP contribution is 2.30. The van der Waals surface area contributed by atoms with Gasteiger partial charge < -0.3 is 0 Å². The van der Waals surface area contributed by atoms with Gasteiger partial charge in [-0.3, -0.25) is 19.9 Å². The number of aryl methyl sites for hydroxylation is 11. The van der Waals surface area contributed by atoms with Crippen molar-refractivity contribution in [1.29, 1.82) is 0 Å². The van der Waals surface area contributed by atoms with E-state index < -0.39 is 0 Å². The number of nitrogens with zero attached hydrogens (tertiary/aromatic N) is 13. The van der Waals surface area contributed by atoms with Crippen LogP contribution in [0.25, 0.3) is 113 Å². The van der Waals surface area contributed by atoms with E-state index in [1.54, 1.807) is 43.4 Å². The third-order valence-electron chi connectivity index (χ3n) is 17.6. The Kier molecular flexibility index (Phi) is 23.2. The van der Waals surface area contributed by atoms with Crippen LogP contribution >= 0.6 is 0 Å². The summed E-state index contributed by atoms with van der Waals surface area (Å²) in [5, 5.41) is 0. The lowest BCUT2D eigenvalue weighted by Gasteiger charge is -2.06. The van der Waals surface area contributed by atoms with Crippen molar-refractivity contribution >= 4 is 0 Å². The number of hydrogen-bond donors (Lipinski definition) is 0. The Morgan fingerprint density at radius 1 is 0.238 bits per heavy atom. The molecule has 5 aromatic carbocycles. The predicted octanol–water partition coefficient (Wildman–Crippen LogP) is 16.2. The molecule has 10 aromatic heterocycles. The summed E-state index contributed by atoms with van der Waals surface area (Å²) in [5.74, 6) is 1.54. The number of hydrogen-bond acceptors (Lipinski definition) is 8. The molecule has 13 heteroatoms. The van der Waals surface area contributed by atoms with E-state index in [1.807, 2.05) is 68.0 Å². The van der Waals surface area contributed by atoms with Gasteiger partial charge in [0.25, 0.3) is 0 Å². The topological polar surface area (TPSA) is 123 Å². The molecule has 0 aliphatic carbocycles. The Balaban J connectivity index is 0.000000127. The summed E-state index contributed by atoms with van der Waals surface area (Å²) in [7, 11) is 10.3. The smallest absolute Gasteiger partial charge is 0.213 e. The van der Waals surface area contributed by atoms with Gasteiger partial charge in [0.05, 0.1) is 23.3 Å². The van der Waals surface area contributed by atoms with E-state index in [1.165, 1.54) is 84.0 Å². The minimum atomic E-state index is 0.753. The molecule has 0 fully saturated rings. The molecule has 15 rings (SSSR count). The molecule has 0 aliphatic rings. The lowest BCUT2D eigenvalue weighted by atomic mass is 10.0. The van der Waals surface area contributed by atoms with Crippen LogP contribution in [0.2, 0.25) is 0 Å². The van der Waals surface area contributed by atoms with Crippen LogP contribution in [0.15, 0.2) is 311 Å². The van der Waals surface area contributed by atoms with Crippen molar-refractivity contribution in [3.63, 3.8) is 0 Å². The van der Waals surface area contributed by atoms with Crippen molar-refractivity contribution < 1.29 is 22.8 Å². The average molecular weight is 1320 g/mol. The minimum Gasteiger partial charge on any atom is -0.264 e. The van der Waals surface area contributed by atoms with E-state index in [4.69, 9.17) is 0 Å². The zero-order chi connectivity index (χ0) is 70.6. The van der Waals surface area contributed by atoms with Crippen LogP contribution in [0.3, 0.4) is 0 Å². The fourth-order valence-electron chi connectivity index (χ4n) is 11.9. The van der Waals surface area contributed by atoms with Crippen molar-refractivity contribution in [2.45, 2.75) is 41.5 Å². The Hall–Kier alpha value is -12.6. The molecule has 0 unspecified atom stereocenters. The molecule has 101 heavy (non-hydrogen) atoms. The molecular formula is C88H84N13+5. The average Bonchev–Trinajstić information content (AvgIpc) is 0.842. The van der Waals surface area contributed by atoms with Crippen molar-refractivity contribution in [3.05, 3.63) is 345 Å². The normalized spacial score (nSPS) is 10.5. The predicted molar refractivity (Wildman–Crippen MR) is 403 cm³/mol. The van der Waals surface area contributed by atoms with Gasteiger partial charge in [-0.05, 0) is 136 Å². The molecule has 0 spiro atoms. The lowest BCUT2D eigenvalue weighted by molar-refractivity contribution is -0.660. The molecular weight excluding hydrogens is 1240 g/mol. The molecule has 15 aromatic rings. The quantitative estimate of drug-likeness (QED) is 0.124. The van der Waals surface area contributed by atoms with Crippen LogP contribution in [0, 0.1) is 41.5 Å². The van der Waals surface area contributed by atoms with Crippen molar-refractivity contribution in [2.75, 3.05) is 0 Å². The van der Waals surface area contributed by atoms with E-state index in [0.717, 1.165) is 62.2 Å². The first kappa shape index (κ1) is 69.7. The van der Waals surface area contributed by atoms with Gasteiger partial charge in [0.15, 0.2) is 36.8 Å². The first-order chi connectivity index (χ1) is 49.2. The first-order valence-corrected chi connectivity index (χ1v) is 33.6. The molecule has 0 saturated carbocycles. The van der Waals surface area contributed by atoms with Crippen LogP contribution in [-0.4, -0.2) is 39.9 Å². The lowest BCUT2D eigenvalue weighted by Crippen LogP contribution is -2.30. The molecule has 10 heterocycles. The van der Waals surface area contributed by atoms with Crippen molar-refractivity contribution in [1.82, 2.24) is 39.9 Å². The monoisotopic (exact) mass is 1320 g/mol. The second-order valence-corrected chi connectivity index (χ2v) is 24.7. The zero-order valence-electron chi connectivity index (χ0n) is 59.3. The third kappa shape index (κ3) is 17.8. The molecule has 0 N–H and O–H groups in total. The minimum absolute atomic E-state index is 0.753. The highest BCUT2D eigenvalue weighted by atomic mass is 14.9. The Labute approximate surface area is 593 Å². The van der Waals surface area contributed by atoms with E-state index in [2.05, 4.69) is 339 Å². The summed E-state index contributed by atoms with van der Waals surface area (Å²) >= 11 is 0. The van der Waals surface area contributed by atoms with E-state index >= 15 is 0 Å². The summed E-state index contributed by atoms with van der Waals surface area (Å²) in [6, 6.07) is 77.3. The largest absolute Gasteiger partial charge is 0.264 e. The summed E-state index contributed by atoms with van der Waals surface area (Å²) in [6.45, 7) is 12.6. The van der Waals surface area contributed by atoms with Gasteiger partial charge in [-0.2, -0.15) is 0 Å². The Morgan fingerprint density at radius 2 is 0.604 bits per heavy atom. The summed E-state index contributed by atoms with van der Waals surface area (Å²) in [6.07, 6.45) is 26.4.